The van der Waals surface area contributed by atoms with Crippen LogP contribution in [0.1, 0.15) is 0 Å². The quantitative estimate of drug-likeness (QED) is 0.460. The van der Waals surface area contributed by atoms with E-state index in [1.807, 2.05) is 0 Å². The van der Waals surface area contributed by atoms with Gasteiger partial charge in [-0.1, -0.05) is 0 Å². The molecule has 43 valence electrons. The standard InChI is InChI=1S/Au.H2O4S/c;1-5(2,3)4/h;(H2,1,2,3,4). The molecule has 4 nitrogen and oxygen atoms in total. The molecule has 0 unspecified atom stereocenters. The molecule has 2 N–H and O–H groups in total. The minimum Gasteiger partial charge on any atom is -0.264 e. The Bertz CT molecular complexity index is 90.7. The van der Waals surface area contributed by atoms with Gasteiger partial charge >= 0.3 is 10.4 Å². The fraction of sp³-hybridized carbons (Fsp3) is 0. The van der Waals surface area contributed by atoms with Crippen LogP contribution in [-0.2, 0) is 32.8 Å². The average Bonchev–Trinajstić information content (AvgIpc) is 0.722. The van der Waals surface area contributed by atoms with Gasteiger partial charge in [0.2, 0.25) is 0 Å². The van der Waals surface area contributed by atoms with Crippen LogP contribution in [-0.4, -0.2) is 17.5 Å². The molecule has 0 amide bonds. The molecule has 6 heavy (non-hydrogen) atoms. The molecule has 0 saturated heterocycles. The van der Waals surface area contributed by atoms with Crippen molar-refractivity contribution in [3.63, 3.8) is 0 Å². The summed E-state index contributed by atoms with van der Waals surface area (Å²) in [6.45, 7) is 0. The first kappa shape index (κ1) is 9.79. The van der Waals surface area contributed by atoms with E-state index in [1.165, 1.54) is 0 Å². The van der Waals surface area contributed by atoms with Crippen molar-refractivity contribution in [1.82, 2.24) is 0 Å². The van der Waals surface area contributed by atoms with Gasteiger partial charge in [-0.2, -0.15) is 8.42 Å². The molecule has 0 bridgehead atoms. The number of hydrogen-bond donors (Lipinski definition) is 2. The van der Waals surface area contributed by atoms with Crippen LogP contribution >= 0.6 is 0 Å². The molecule has 0 spiro atoms. The van der Waals surface area contributed by atoms with Crippen LogP contribution in [0.15, 0.2) is 0 Å². The van der Waals surface area contributed by atoms with Crippen molar-refractivity contribution in [3.8, 4) is 0 Å². The van der Waals surface area contributed by atoms with Crippen LogP contribution in [0.2, 0.25) is 0 Å². The number of rotatable bonds is 0. The topological polar surface area (TPSA) is 74.6 Å². The number of hydrogen-bond acceptors (Lipinski definition) is 2. The minimum absolute atomic E-state index is 0. The molecule has 0 aliphatic carbocycles. The Morgan fingerprint density at radius 1 is 1.17 bits per heavy atom. The van der Waals surface area contributed by atoms with Gasteiger partial charge in [-0.25, -0.2) is 0 Å². The van der Waals surface area contributed by atoms with Gasteiger partial charge in [-0.3, -0.25) is 9.11 Å². The summed E-state index contributed by atoms with van der Waals surface area (Å²) in [4.78, 5) is 0. The Labute approximate surface area is 50.6 Å². The van der Waals surface area contributed by atoms with E-state index in [-0.39, 0.29) is 22.4 Å². The van der Waals surface area contributed by atoms with E-state index < -0.39 is 10.4 Å². The minimum atomic E-state index is -4.67. The van der Waals surface area contributed by atoms with Gasteiger partial charge in [0, 0.05) is 22.4 Å². The van der Waals surface area contributed by atoms with E-state index in [1.54, 1.807) is 0 Å². The predicted octanol–water partition coefficient (Wildman–Crippen LogP) is -0.655. The maximum absolute atomic E-state index is 8.74. The van der Waals surface area contributed by atoms with Crippen molar-refractivity contribution < 1.29 is 39.9 Å². The molecule has 0 heterocycles. The third-order valence-corrected chi connectivity index (χ3v) is 0. The largest absolute Gasteiger partial charge is 0.394 e. The van der Waals surface area contributed by atoms with Crippen LogP contribution in [0.25, 0.3) is 0 Å². The molecule has 1 radical (unpaired) electrons. The summed E-state index contributed by atoms with van der Waals surface area (Å²) in [6, 6.07) is 0. The van der Waals surface area contributed by atoms with Gasteiger partial charge in [-0.15, -0.1) is 0 Å². The zero-order valence-corrected chi connectivity index (χ0v) is 5.40. The van der Waals surface area contributed by atoms with Crippen molar-refractivity contribution >= 4 is 10.4 Å². The van der Waals surface area contributed by atoms with E-state index in [0.717, 1.165) is 0 Å². The molecule has 0 rings (SSSR count). The first-order valence-electron chi connectivity index (χ1n) is 0.698. The Morgan fingerprint density at radius 2 is 1.17 bits per heavy atom. The van der Waals surface area contributed by atoms with E-state index in [4.69, 9.17) is 17.5 Å². The molecular formula is H2AuO4S. The molecular weight excluding hydrogens is 293 g/mol. The second-order valence-corrected chi connectivity index (χ2v) is 1.34. The predicted molar refractivity (Wildman–Crippen MR) is 14.2 cm³/mol. The fourth-order valence-corrected chi connectivity index (χ4v) is 0. The summed E-state index contributed by atoms with van der Waals surface area (Å²) in [5.41, 5.74) is 0. The molecule has 0 atom stereocenters. The summed E-state index contributed by atoms with van der Waals surface area (Å²) < 4.78 is 31.6. The monoisotopic (exact) mass is 295 g/mol. The van der Waals surface area contributed by atoms with Gasteiger partial charge in [0.05, 0.1) is 0 Å². The Balaban J connectivity index is 0. The van der Waals surface area contributed by atoms with Gasteiger partial charge < -0.3 is 0 Å². The Kier molecular flexibility index (Phi) is 4.45. The Morgan fingerprint density at radius 3 is 1.17 bits per heavy atom. The second-order valence-electron chi connectivity index (χ2n) is 0.448. The molecule has 0 aromatic rings. The average molecular weight is 295 g/mol. The SMILES string of the molecule is O=S(=O)(O)O.[Au]. The Hall–Kier alpha value is 0.610. The van der Waals surface area contributed by atoms with Crippen molar-refractivity contribution in [3.05, 3.63) is 0 Å². The summed E-state index contributed by atoms with van der Waals surface area (Å²) in [6.07, 6.45) is 0. The molecule has 0 aromatic carbocycles. The first-order chi connectivity index (χ1) is 2.00. The van der Waals surface area contributed by atoms with Gasteiger partial charge in [0.25, 0.3) is 0 Å². The van der Waals surface area contributed by atoms with Gasteiger partial charge in [0.1, 0.15) is 0 Å². The summed E-state index contributed by atoms with van der Waals surface area (Å²) in [5.74, 6) is 0. The van der Waals surface area contributed by atoms with E-state index in [9.17, 15) is 0 Å². The van der Waals surface area contributed by atoms with Crippen LogP contribution in [0.5, 0.6) is 0 Å². The molecule has 0 aliphatic rings. The molecule has 0 saturated carbocycles. The van der Waals surface area contributed by atoms with Crippen LogP contribution in [0, 0.1) is 0 Å². The first-order valence-corrected chi connectivity index (χ1v) is 2.10. The fourth-order valence-electron chi connectivity index (χ4n) is 0. The van der Waals surface area contributed by atoms with E-state index >= 15 is 0 Å². The van der Waals surface area contributed by atoms with E-state index in [0.29, 0.717) is 0 Å². The third-order valence-electron chi connectivity index (χ3n) is 0. The van der Waals surface area contributed by atoms with Crippen molar-refractivity contribution in [2.75, 3.05) is 0 Å². The van der Waals surface area contributed by atoms with Crippen molar-refractivity contribution in [2.24, 2.45) is 0 Å². The maximum Gasteiger partial charge on any atom is 0.394 e. The smallest absolute Gasteiger partial charge is 0.264 e. The second kappa shape index (κ2) is 2.73. The molecule has 0 aromatic heterocycles. The normalized spacial score (nSPS) is 9.67. The molecule has 6 heteroatoms. The van der Waals surface area contributed by atoms with Crippen LogP contribution in [0.3, 0.4) is 0 Å². The summed E-state index contributed by atoms with van der Waals surface area (Å²) in [5, 5.41) is 0. The van der Waals surface area contributed by atoms with Gasteiger partial charge in [0.15, 0.2) is 0 Å². The van der Waals surface area contributed by atoms with E-state index in [2.05, 4.69) is 0 Å². The van der Waals surface area contributed by atoms with Crippen LogP contribution in [0.4, 0.5) is 0 Å². The van der Waals surface area contributed by atoms with Crippen LogP contribution < -0.4 is 0 Å². The van der Waals surface area contributed by atoms with Crippen molar-refractivity contribution in [1.29, 1.82) is 0 Å². The zero-order chi connectivity index (χ0) is 4.50. The van der Waals surface area contributed by atoms with Gasteiger partial charge in [-0.05, 0) is 0 Å². The summed E-state index contributed by atoms with van der Waals surface area (Å²) in [7, 11) is -4.67. The third kappa shape index (κ3) is 161. The zero-order valence-electron chi connectivity index (χ0n) is 2.42. The molecule has 0 fully saturated rings. The maximum atomic E-state index is 8.74. The van der Waals surface area contributed by atoms with Crippen molar-refractivity contribution in [2.45, 2.75) is 0 Å². The molecule has 0 aliphatic heterocycles. The summed E-state index contributed by atoms with van der Waals surface area (Å²) >= 11 is 0.